The first-order valence-electron chi connectivity index (χ1n) is 4.65. The maximum atomic E-state index is 12.7. The number of amides is 1. The molecule has 0 spiro atoms. The minimum Gasteiger partial charge on any atom is -0.480 e. The summed E-state index contributed by atoms with van der Waals surface area (Å²) in [7, 11) is 0. The molecule has 1 rings (SSSR count). The number of carboxylic acids is 1. The predicted molar refractivity (Wildman–Crippen MR) is 44.8 cm³/mol. The highest BCUT2D eigenvalue weighted by Crippen LogP contribution is 2.38. The summed E-state index contributed by atoms with van der Waals surface area (Å²) >= 11 is 0. The van der Waals surface area contributed by atoms with Crippen molar-refractivity contribution < 1.29 is 41.8 Å². The molecule has 104 valence electrons. The van der Waals surface area contributed by atoms with Crippen LogP contribution in [0.15, 0.2) is 0 Å². The Morgan fingerprint density at radius 2 is 1.67 bits per heavy atom. The zero-order valence-electron chi connectivity index (χ0n) is 8.62. The molecule has 1 heterocycles. The van der Waals surface area contributed by atoms with E-state index in [-0.39, 0.29) is 4.90 Å². The van der Waals surface area contributed by atoms with Gasteiger partial charge in [0.15, 0.2) is 0 Å². The number of halogens is 5. The van der Waals surface area contributed by atoms with Crippen LogP contribution in [0.1, 0.15) is 6.42 Å². The number of aliphatic hydroxyl groups is 1. The second kappa shape index (κ2) is 4.34. The van der Waals surface area contributed by atoms with Gasteiger partial charge in [0.1, 0.15) is 6.04 Å². The first-order chi connectivity index (χ1) is 7.98. The van der Waals surface area contributed by atoms with Crippen molar-refractivity contribution in [2.75, 3.05) is 6.54 Å². The Morgan fingerprint density at radius 3 is 2.06 bits per heavy atom. The number of alkyl halides is 5. The number of carboxylic acid groups (broad SMARTS) is 1. The second-order valence-corrected chi connectivity index (χ2v) is 3.77. The summed E-state index contributed by atoms with van der Waals surface area (Å²) in [6, 6.07) is -1.89. The minimum atomic E-state index is -6.11. The average Bonchev–Trinajstić information content (AvgIpc) is 2.57. The maximum Gasteiger partial charge on any atom is 0.463 e. The molecule has 0 aromatic rings. The van der Waals surface area contributed by atoms with Crippen molar-refractivity contribution in [3.63, 3.8) is 0 Å². The first-order valence-corrected chi connectivity index (χ1v) is 4.65. The minimum absolute atomic E-state index is 0.166. The number of rotatable bonds is 2. The van der Waals surface area contributed by atoms with Crippen LogP contribution in [-0.2, 0) is 9.59 Å². The Morgan fingerprint density at radius 1 is 1.17 bits per heavy atom. The normalized spacial score (nSPS) is 25.3. The third-order valence-corrected chi connectivity index (χ3v) is 2.45. The lowest BCUT2D eigenvalue weighted by molar-refractivity contribution is -0.274. The van der Waals surface area contributed by atoms with Crippen LogP contribution in [-0.4, -0.2) is 57.8 Å². The van der Waals surface area contributed by atoms with Crippen molar-refractivity contribution in [3.05, 3.63) is 0 Å². The van der Waals surface area contributed by atoms with E-state index in [0.29, 0.717) is 0 Å². The molecule has 1 amide bonds. The monoisotopic (exact) mass is 277 g/mol. The zero-order valence-corrected chi connectivity index (χ0v) is 8.62. The predicted octanol–water partition coefficient (Wildman–Crippen LogP) is 0.230. The van der Waals surface area contributed by atoms with Gasteiger partial charge in [-0.25, -0.2) is 4.79 Å². The summed E-state index contributed by atoms with van der Waals surface area (Å²) < 4.78 is 61.4. The van der Waals surface area contributed by atoms with Gasteiger partial charge >= 0.3 is 24.0 Å². The lowest BCUT2D eigenvalue weighted by Crippen LogP contribution is -2.54. The van der Waals surface area contributed by atoms with Crippen molar-refractivity contribution in [1.82, 2.24) is 4.90 Å². The van der Waals surface area contributed by atoms with Gasteiger partial charge in [-0.05, 0) is 0 Å². The molecule has 0 aliphatic carbocycles. The number of aliphatic carboxylic acids is 1. The number of hydrogen-bond donors (Lipinski definition) is 2. The molecule has 0 aromatic heterocycles. The highest BCUT2D eigenvalue weighted by molar-refractivity contribution is 5.89. The molecule has 0 unspecified atom stereocenters. The van der Waals surface area contributed by atoms with E-state index in [1.165, 1.54) is 0 Å². The van der Waals surface area contributed by atoms with Crippen LogP contribution < -0.4 is 0 Å². The quantitative estimate of drug-likeness (QED) is 0.708. The van der Waals surface area contributed by atoms with Gasteiger partial charge in [-0.2, -0.15) is 22.0 Å². The fourth-order valence-electron chi connectivity index (χ4n) is 1.57. The molecule has 0 saturated carbocycles. The van der Waals surface area contributed by atoms with E-state index in [1.54, 1.807) is 0 Å². The molecule has 1 fully saturated rings. The Kier molecular flexibility index (Phi) is 3.52. The van der Waals surface area contributed by atoms with Gasteiger partial charge in [0, 0.05) is 13.0 Å². The molecule has 2 N–H and O–H groups in total. The van der Waals surface area contributed by atoms with E-state index in [9.17, 15) is 31.5 Å². The fourth-order valence-corrected chi connectivity index (χ4v) is 1.57. The average molecular weight is 277 g/mol. The molecule has 5 nitrogen and oxygen atoms in total. The van der Waals surface area contributed by atoms with Gasteiger partial charge in [-0.1, -0.05) is 0 Å². The van der Waals surface area contributed by atoms with Gasteiger partial charge in [0.2, 0.25) is 0 Å². The Hall–Kier alpha value is -1.45. The maximum absolute atomic E-state index is 12.7. The highest BCUT2D eigenvalue weighted by atomic mass is 19.4. The van der Waals surface area contributed by atoms with Crippen molar-refractivity contribution in [2.24, 2.45) is 0 Å². The van der Waals surface area contributed by atoms with Crippen molar-refractivity contribution in [1.29, 1.82) is 0 Å². The van der Waals surface area contributed by atoms with Crippen LogP contribution in [0, 0.1) is 0 Å². The molecule has 0 aromatic carbocycles. The van der Waals surface area contributed by atoms with E-state index in [4.69, 9.17) is 10.2 Å². The van der Waals surface area contributed by atoms with Gasteiger partial charge in [0.05, 0.1) is 6.10 Å². The summed E-state index contributed by atoms with van der Waals surface area (Å²) in [5, 5.41) is 17.6. The molecule has 18 heavy (non-hydrogen) atoms. The van der Waals surface area contributed by atoms with E-state index in [2.05, 4.69) is 0 Å². The van der Waals surface area contributed by atoms with Crippen molar-refractivity contribution in [3.8, 4) is 0 Å². The summed E-state index contributed by atoms with van der Waals surface area (Å²) in [6.45, 7) is -0.874. The Labute approximate surface area is 96.8 Å². The lowest BCUT2D eigenvalue weighted by Gasteiger charge is -2.27. The number of aliphatic hydroxyl groups excluding tert-OH is 1. The number of likely N-dealkylation sites (tertiary alicyclic amines) is 1. The van der Waals surface area contributed by atoms with Gasteiger partial charge < -0.3 is 15.1 Å². The van der Waals surface area contributed by atoms with E-state index in [1.807, 2.05) is 0 Å². The largest absolute Gasteiger partial charge is 0.480 e. The topological polar surface area (TPSA) is 77.8 Å². The summed E-state index contributed by atoms with van der Waals surface area (Å²) in [6.07, 6.45) is -8.14. The summed E-state index contributed by atoms with van der Waals surface area (Å²) in [5.74, 6) is -10.1. The third kappa shape index (κ3) is 2.37. The number of hydrogen-bond acceptors (Lipinski definition) is 3. The standard InChI is InChI=1S/C8H8F5NO4/c9-7(10,8(11,12)13)6(18)14-2-3(15)1-4(14)5(16)17/h3-4,15H,1-2H2,(H,16,17)/t3-,4-/m0/s1. The smallest absolute Gasteiger partial charge is 0.463 e. The molecular formula is C8H8F5NO4. The van der Waals surface area contributed by atoms with E-state index in [0.717, 1.165) is 0 Å². The molecule has 10 heteroatoms. The van der Waals surface area contributed by atoms with Crippen LogP contribution >= 0.6 is 0 Å². The molecule has 0 radical (unpaired) electrons. The number of carbonyl (C=O) groups is 2. The van der Waals surface area contributed by atoms with Crippen LogP contribution in [0.3, 0.4) is 0 Å². The SMILES string of the molecule is O=C(O)[C@@H]1C[C@H](O)CN1C(=O)C(F)(F)C(F)(F)F. The second-order valence-electron chi connectivity index (χ2n) is 3.77. The Bertz CT molecular complexity index is 369. The number of β-amino-alcohol motifs (C(OH)–C–C–N with tert-alkyl or cyclic N) is 1. The molecule has 1 aliphatic heterocycles. The third-order valence-electron chi connectivity index (χ3n) is 2.45. The Balaban J connectivity index is 3.00. The van der Waals surface area contributed by atoms with Crippen LogP contribution in [0.25, 0.3) is 0 Å². The molecule has 1 aliphatic rings. The molecule has 2 atom stereocenters. The fraction of sp³-hybridized carbons (Fsp3) is 0.750. The van der Waals surface area contributed by atoms with Crippen LogP contribution in [0.5, 0.6) is 0 Å². The van der Waals surface area contributed by atoms with Gasteiger partial charge in [-0.15, -0.1) is 0 Å². The van der Waals surface area contributed by atoms with Gasteiger partial charge in [0.25, 0.3) is 0 Å². The molecule has 0 bridgehead atoms. The van der Waals surface area contributed by atoms with Crippen molar-refractivity contribution in [2.45, 2.75) is 30.7 Å². The highest BCUT2D eigenvalue weighted by Gasteiger charge is 2.66. The molecule has 1 saturated heterocycles. The summed E-state index contributed by atoms with van der Waals surface area (Å²) in [4.78, 5) is 21.5. The van der Waals surface area contributed by atoms with Crippen molar-refractivity contribution >= 4 is 11.9 Å². The summed E-state index contributed by atoms with van der Waals surface area (Å²) in [5.41, 5.74) is 0. The van der Waals surface area contributed by atoms with Gasteiger partial charge in [-0.3, -0.25) is 4.79 Å². The van der Waals surface area contributed by atoms with E-state index < -0.39 is 49.1 Å². The zero-order chi connectivity index (χ0) is 14.3. The van der Waals surface area contributed by atoms with Crippen LogP contribution in [0.4, 0.5) is 22.0 Å². The first kappa shape index (κ1) is 14.6. The lowest BCUT2D eigenvalue weighted by atomic mass is 10.2. The van der Waals surface area contributed by atoms with E-state index >= 15 is 0 Å². The number of nitrogens with zero attached hydrogens (tertiary/aromatic N) is 1. The number of carbonyl (C=O) groups excluding carboxylic acids is 1. The van der Waals surface area contributed by atoms with Crippen LogP contribution in [0.2, 0.25) is 0 Å². The molecular weight excluding hydrogens is 269 g/mol.